The molecule has 9 heteroatoms. The molecule has 1 aliphatic rings. The maximum atomic E-state index is 11.8. The van der Waals surface area contributed by atoms with E-state index in [9.17, 15) is 23.4 Å². The molecule has 1 fully saturated rings. The number of halogens is 3. The molecule has 0 radical (unpaired) electrons. The van der Waals surface area contributed by atoms with E-state index in [2.05, 4.69) is 4.74 Å². The fourth-order valence-electron chi connectivity index (χ4n) is 1.44. The molecule has 1 saturated heterocycles. The molecule has 96 valence electrons. The molecule has 0 aliphatic carbocycles. The van der Waals surface area contributed by atoms with Crippen molar-refractivity contribution in [1.29, 1.82) is 0 Å². The van der Waals surface area contributed by atoms with E-state index in [-0.39, 0.29) is 0 Å². The Kier molecular flexibility index (Phi) is 4.10. The van der Waals surface area contributed by atoms with Crippen LogP contribution in [0.1, 0.15) is 0 Å². The third-order valence-electron chi connectivity index (χ3n) is 2.20. The van der Waals surface area contributed by atoms with E-state index in [0.29, 0.717) is 0 Å². The lowest BCUT2D eigenvalue weighted by Gasteiger charge is -2.23. The highest BCUT2D eigenvalue weighted by Gasteiger charge is 2.47. The highest BCUT2D eigenvalue weighted by Crippen LogP contribution is 2.24. The maximum absolute atomic E-state index is 11.8. The lowest BCUT2D eigenvalue weighted by Crippen LogP contribution is -2.51. The SMILES string of the molecule is OC[C@H]1O[C@H](C(O)NC(F)(F)F)[C@@H](O)[C@@H]1O. The zero-order chi connectivity index (χ0) is 12.5. The summed E-state index contributed by atoms with van der Waals surface area (Å²) in [6.07, 6.45) is -13.2. The number of alkyl halides is 3. The van der Waals surface area contributed by atoms with Gasteiger partial charge in [0.2, 0.25) is 0 Å². The van der Waals surface area contributed by atoms with Gasteiger partial charge in [-0.15, -0.1) is 0 Å². The number of aliphatic hydroxyl groups is 4. The molecular formula is C7H12F3NO5. The number of rotatable bonds is 3. The zero-order valence-electron chi connectivity index (χ0n) is 7.92. The van der Waals surface area contributed by atoms with Crippen LogP contribution in [-0.2, 0) is 4.74 Å². The van der Waals surface area contributed by atoms with Gasteiger partial charge in [-0.3, -0.25) is 0 Å². The van der Waals surface area contributed by atoms with Crippen molar-refractivity contribution < 1.29 is 38.3 Å². The Bertz CT molecular complexity index is 239. The summed E-state index contributed by atoms with van der Waals surface area (Å²) in [5.74, 6) is 0. The fraction of sp³-hybridized carbons (Fsp3) is 1.00. The predicted molar refractivity (Wildman–Crippen MR) is 43.0 cm³/mol. The molecule has 0 spiro atoms. The van der Waals surface area contributed by atoms with Crippen molar-refractivity contribution in [3.63, 3.8) is 0 Å². The number of hydrogen-bond acceptors (Lipinski definition) is 6. The van der Waals surface area contributed by atoms with Crippen LogP contribution < -0.4 is 5.32 Å². The van der Waals surface area contributed by atoms with Crippen molar-refractivity contribution in [3.05, 3.63) is 0 Å². The van der Waals surface area contributed by atoms with Crippen LogP contribution in [0, 0.1) is 0 Å². The summed E-state index contributed by atoms with van der Waals surface area (Å²) in [5.41, 5.74) is 0. The van der Waals surface area contributed by atoms with Gasteiger partial charge in [0.05, 0.1) is 6.61 Å². The molecule has 6 nitrogen and oxygen atoms in total. The van der Waals surface area contributed by atoms with Crippen LogP contribution in [0.5, 0.6) is 0 Å². The molecule has 0 saturated carbocycles. The van der Waals surface area contributed by atoms with Gasteiger partial charge >= 0.3 is 6.30 Å². The van der Waals surface area contributed by atoms with Crippen LogP contribution in [0.25, 0.3) is 0 Å². The van der Waals surface area contributed by atoms with Gasteiger partial charge in [-0.1, -0.05) is 0 Å². The summed E-state index contributed by atoms with van der Waals surface area (Å²) in [6.45, 7) is -0.673. The van der Waals surface area contributed by atoms with Gasteiger partial charge in [0.15, 0.2) is 0 Å². The largest absolute Gasteiger partial charge is 0.459 e. The molecule has 16 heavy (non-hydrogen) atoms. The first-order valence-electron chi connectivity index (χ1n) is 4.41. The van der Waals surface area contributed by atoms with Crippen molar-refractivity contribution in [2.75, 3.05) is 6.61 Å². The summed E-state index contributed by atoms with van der Waals surface area (Å²) in [4.78, 5) is 0. The Morgan fingerprint density at radius 1 is 1.25 bits per heavy atom. The normalized spacial score (nSPS) is 37.7. The lowest BCUT2D eigenvalue weighted by atomic mass is 10.1. The van der Waals surface area contributed by atoms with E-state index in [1.165, 1.54) is 0 Å². The van der Waals surface area contributed by atoms with Crippen LogP contribution in [0.3, 0.4) is 0 Å². The minimum Gasteiger partial charge on any atom is -0.394 e. The van der Waals surface area contributed by atoms with Crippen LogP contribution in [0.4, 0.5) is 13.2 Å². The van der Waals surface area contributed by atoms with Gasteiger partial charge < -0.3 is 25.2 Å². The monoisotopic (exact) mass is 247 g/mol. The van der Waals surface area contributed by atoms with Gasteiger partial charge in [0.25, 0.3) is 0 Å². The van der Waals surface area contributed by atoms with Crippen molar-refractivity contribution in [2.24, 2.45) is 0 Å². The van der Waals surface area contributed by atoms with Crippen LogP contribution in [0.2, 0.25) is 0 Å². The second kappa shape index (κ2) is 4.82. The van der Waals surface area contributed by atoms with Gasteiger partial charge in [0, 0.05) is 0 Å². The van der Waals surface area contributed by atoms with E-state index in [1.807, 2.05) is 0 Å². The second-order valence-electron chi connectivity index (χ2n) is 3.39. The molecule has 0 aromatic carbocycles. The highest BCUT2D eigenvalue weighted by molar-refractivity contribution is 4.93. The number of aliphatic hydroxyl groups excluding tert-OH is 4. The van der Waals surface area contributed by atoms with E-state index < -0.39 is 43.6 Å². The smallest absolute Gasteiger partial charge is 0.394 e. The Morgan fingerprint density at radius 3 is 2.19 bits per heavy atom. The maximum Gasteiger partial charge on any atom is 0.459 e. The van der Waals surface area contributed by atoms with Crippen molar-refractivity contribution in [2.45, 2.75) is 36.9 Å². The third-order valence-corrected chi connectivity index (χ3v) is 2.20. The second-order valence-corrected chi connectivity index (χ2v) is 3.39. The van der Waals surface area contributed by atoms with Gasteiger partial charge in [-0.25, -0.2) is 0 Å². The minimum absolute atomic E-state index is 0.673. The van der Waals surface area contributed by atoms with Crippen molar-refractivity contribution >= 4 is 0 Å². The Morgan fingerprint density at radius 2 is 1.81 bits per heavy atom. The fourth-order valence-corrected chi connectivity index (χ4v) is 1.44. The van der Waals surface area contributed by atoms with Crippen LogP contribution >= 0.6 is 0 Å². The first-order valence-corrected chi connectivity index (χ1v) is 4.41. The summed E-state index contributed by atoms with van der Waals surface area (Å²) >= 11 is 0. The molecule has 1 rings (SSSR count). The standard InChI is InChI=1S/C7H12F3NO5/c8-7(9,10)11-6(15)5-4(14)3(13)2(1-12)16-5/h2-6,11-15H,1H2/t2-,3-,4+,5+,6?/m1/s1. The number of hydrogen-bond donors (Lipinski definition) is 5. The molecule has 1 heterocycles. The summed E-state index contributed by atoms with van der Waals surface area (Å²) in [6, 6.07) is 0. The molecule has 1 aliphatic heterocycles. The van der Waals surface area contributed by atoms with Crippen LogP contribution in [0.15, 0.2) is 0 Å². The molecule has 0 aromatic heterocycles. The third kappa shape index (κ3) is 3.03. The van der Waals surface area contributed by atoms with E-state index >= 15 is 0 Å². The van der Waals surface area contributed by atoms with E-state index in [0.717, 1.165) is 5.32 Å². The molecule has 5 atom stereocenters. The Balaban J connectivity index is 2.61. The summed E-state index contributed by atoms with van der Waals surface area (Å²) < 4.78 is 40.2. The molecular weight excluding hydrogens is 235 g/mol. The molecule has 1 unspecified atom stereocenters. The first kappa shape index (κ1) is 13.6. The van der Waals surface area contributed by atoms with E-state index in [4.69, 9.17) is 10.2 Å². The average molecular weight is 247 g/mol. The number of nitrogens with one attached hydrogen (secondary N) is 1. The average Bonchev–Trinajstić information content (AvgIpc) is 2.41. The van der Waals surface area contributed by atoms with Crippen molar-refractivity contribution in [1.82, 2.24) is 5.32 Å². The predicted octanol–water partition coefficient (Wildman–Crippen LogP) is -2.10. The van der Waals surface area contributed by atoms with Crippen LogP contribution in [-0.4, -0.2) is 64.0 Å². The highest BCUT2D eigenvalue weighted by atomic mass is 19.4. The van der Waals surface area contributed by atoms with Gasteiger partial charge in [-0.2, -0.15) is 18.5 Å². The first-order chi connectivity index (χ1) is 7.26. The molecule has 5 N–H and O–H groups in total. The zero-order valence-corrected chi connectivity index (χ0v) is 7.92. The van der Waals surface area contributed by atoms with Gasteiger partial charge in [0.1, 0.15) is 30.6 Å². The summed E-state index contributed by atoms with van der Waals surface area (Å²) in [5, 5.41) is 37.1. The minimum atomic E-state index is -4.84. The lowest BCUT2D eigenvalue weighted by molar-refractivity contribution is -0.203. The summed E-state index contributed by atoms with van der Waals surface area (Å²) in [7, 11) is 0. The topological polar surface area (TPSA) is 102 Å². The van der Waals surface area contributed by atoms with Gasteiger partial charge in [-0.05, 0) is 0 Å². The Labute approximate surface area is 88.3 Å². The van der Waals surface area contributed by atoms with E-state index in [1.54, 1.807) is 0 Å². The number of ether oxygens (including phenoxy) is 1. The molecule has 0 amide bonds. The Hall–Kier alpha value is -0.450. The quantitative estimate of drug-likeness (QED) is 0.289. The molecule has 0 bridgehead atoms. The molecule has 0 aromatic rings. The van der Waals surface area contributed by atoms with Crippen molar-refractivity contribution in [3.8, 4) is 0 Å².